The van der Waals surface area contributed by atoms with Crippen molar-refractivity contribution in [3.63, 3.8) is 0 Å². The summed E-state index contributed by atoms with van der Waals surface area (Å²) in [6, 6.07) is 55.7. The van der Waals surface area contributed by atoms with Crippen LogP contribution in [0.3, 0.4) is 0 Å². The smallest absolute Gasteiger partial charge is 0.238 e. The van der Waals surface area contributed by atoms with Crippen molar-refractivity contribution in [2.24, 2.45) is 0 Å². The average molecular weight is 751 g/mol. The minimum absolute atomic E-state index is 0.574. The van der Waals surface area contributed by atoms with Crippen molar-refractivity contribution in [1.29, 1.82) is 0 Å². The molecule has 0 amide bonds. The number of para-hydroxylation sites is 2. The number of furan rings is 1. The van der Waals surface area contributed by atoms with E-state index in [9.17, 15) is 0 Å². The molecule has 0 bridgehead atoms. The molecule has 5 nitrogen and oxygen atoms in total. The van der Waals surface area contributed by atoms with Gasteiger partial charge in [0.15, 0.2) is 11.6 Å². The zero-order chi connectivity index (χ0) is 36.5. The molecule has 7 heteroatoms. The van der Waals surface area contributed by atoms with Crippen LogP contribution in [0.1, 0.15) is 0 Å². The molecule has 260 valence electrons. The number of nitrogens with zero attached hydrogens (tertiary/aromatic N) is 4. The van der Waals surface area contributed by atoms with Gasteiger partial charge in [-0.3, -0.25) is 4.57 Å². The van der Waals surface area contributed by atoms with Crippen LogP contribution in [0.5, 0.6) is 0 Å². The summed E-state index contributed by atoms with van der Waals surface area (Å²) in [6.45, 7) is 0. The number of thiophene rings is 2. The zero-order valence-electron chi connectivity index (χ0n) is 29.5. The van der Waals surface area contributed by atoms with Crippen LogP contribution in [0.15, 0.2) is 162 Å². The van der Waals surface area contributed by atoms with E-state index in [1.165, 1.54) is 56.5 Å². The standard InChI is InChI=1S/C49H26N4OS2/c1-2-12-27(13-3-1)47-50-48(28-22-23-30-29-14-5-9-19-36(29)54-37(30)26-28)52-49(51-47)53-35-18-8-4-15-31(35)41-34-24-25-40-42(32-16-6-10-20-38(32)55-40)43(34)44-33-17-7-11-21-39(33)56-46(44)45(41)53/h1-26H. The van der Waals surface area contributed by atoms with E-state index in [4.69, 9.17) is 19.4 Å². The molecule has 5 aromatic heterocycles. The van der Waals surface area contributed by atoms with Gasteiger partial charge in [0.25, 0.3) is 0 Å². The van der Waals surface area contributed by atoms with Crippen LogP contribution in [0.25, 0.3) is 124 Å². The lowest BCUT2D eigenvalue weighted by Gasteiger charge is -2.12. The van der Waals surface area contributed by atoms with Gasteiger partial charge in [0.05, 0.1) is 15.7 Å². The van der Waals surface area contributed by atoms with E-state index in [0.29, 0.717) is 17.6 Å². The van der Waals surface area contributed by atoms with Crippen LogP contribution in [0.4, 0.5) is 0 Å². The lowest BCUT2D eigenvalue weighted by Crippen LogP contribution is -2.06. The Morgan fingerprint density at radius 3 is 1.89 bits per heavy atom. The quantitative estimate of drug-likeness (QED) is 0.180. The van der Waals surface area contributed by atoms with E-state index in [1.54, 1.807) is 0 Å². The summed E-state index contributed by atoms with van der Waals surface area (Å²) in [4.78, 5) is 15.8. The number of benzene rings is 8. The van der Waals surface area contributed by atoms with E-state index in [2.05, 4.69) is 126 Å². The fourth-order valence-electron chi connectivity index (χ4n) is 8.86. The van der Waals surface area contributed by atoms with Crippen LogP contribution in [0, 0.1) is 0 Å². The molecular weight excluding hydrogens is 725 g/mol. The first-order valence-corrected chi connectivity index (χ1v) is 20.2. The van der Waals surface area contributed by atoms with Crippen molar-refractivity contribution in [2.45, 2.75) is 0 Å². The normalized spacial score (nSPS) is 12.3. The largest absolute Gasteiger partial charge is 0.456 e. The van der Waals surface area contributed by atoms with Gasteiger partial charge in [0, 0.05) is 73.7 Å². The highest BCUT2D eigenvalue weighted by molar-refractivity contribution is 7.27. The summed E-state index contributed by atoms with van der Waals surface area (Å²) in [5.74, 6) is 1.77. The predicted octanol–water partition coefficient (Wildman–Crippen LogP) is 14.1. The Morgan fingerprint density at radius 1 is 0.411 bits per heavy atom. The molecule has 5 heterocycles. The van der Waals surface area contributed by atoms with Crippen LogP contribution in [-0.4, -0.2) is 19.5 Å². The van der Waals surface area contributed by atoms with Crippen molar-refractivity contribution in [1.82, 2.24) is 19.5 Å². The van der Waals surface area contributed by atoms with E-state index < -0.39 is 0 Å². The molecule has 8 aromatic carbocycles. The van der Waals surface area contributed by atoms with Crippen LogP contribution >= 0.6 is 22.7 Å². The first kappa shape index (κ1) is 30.4. The average Bonchev–Trinajstić information content (AvgIpc) is 4.02. The highest BCUT2D eigenvalue weighted by atomic mass is 32.1. The molecule has 0 N–H and O–H groups in total. The maximum atomic E-state index is 6.34. The molecule has 0 unspecified atom stereocenters. The third-order valence-electron chi connectivity index (χ3n) is 11.2. The molecule has 0 radical (unpaired) electrons. The van der Waals surface area contributed by atoms with E-state index >= 15 is 0 Å². The zero-order valence-corrected chi connectivity index (χ0v) is 31.2. The predicted molar refractivity (Wildman–Crippen MR) is 236 cm³/mol. The summed E-state index contributed by atoms with van der Waals surface area (Å²) >= 11 is 3.72. The fraction of sp³-hybridized carbons (Fsp3) is 0. The summed E-state index contributed by atoms with van der Waals surface area (Å²) in [5, 5.41) is 12.2. The summed E-state index contributed by atoms with van der Waals surface area (Å²) in [6.07, 6.45) is 0. The van der Waals surface area contributed by atoms with Crippen molar-refractivity contribution < 1.29 is 4.42 Å². The third kappa shape index (κ3) is 4.15. The van der Waals surface area contributed by atoms with Crippen LogP contribution in [0.2, 0.25) is 0 Å². The Bertz CT molecular complexity index is 3780. The molecule has 0 atom stereocenters. The van der Waals surface area contributed by atoms with E-state index in [-0.39, 0.29) is 0 Å². The van der Waals surface area contributed by atoms with Crippen molar-refractivity contribution in [2.75, 3.05) is 0 Å². The maximum Gasteiger partial charge on any atom is 0.238 e. The Hall–Kier alpha value is -6.93. The molecule has 0 aliphatic heterocycles. The Labute approximate surface area is 326 Å². The molecule has 0 spiro atoms. The molecule has 13 rings (SSSR count). The van der Waals surface area contributed by atoms with E-state index in [0.717, 1.165) is 49.5 Å². The number of fused-ring (bicyclic) bond motifs is 17. The molecule has 0 saturated carbocycles. The molecule has 0 aliphatic rings. The second-order valence-corrected chi connectivity index (χ2v) is 16.4. The lowest BCUT2D eigenvalue weighted by atomic mass is 9.95. The van der Waals surface area contributed by atoms with Crippen molar-refractivity contribution >= 4 is 118 Å². The molecule has 56 heavy (non-hydrogen) atoms. The number of aromatic nitrogens is 4. The van der Waals surface area contributed by atoms with Gasteiger partial charge in [-0.2, -0.15) is 9.97 Å². The Balaban J connectivity index is 1.20. The van der Waals surface area contributed by atoms with Gasteiger partial charge >= 0.3 is 0 Å². The number of hydrogen-bond acceptors (Lipinski definition) is 6. The minimum Gasteiger partial charge on any atom is -0.456 e. The highest BCUT2D eigenvalue weighted by Gasteiger charge is 2.26. The molecular formula is C49H26N4OS2. The number of hydrogen-bond donors (Lipinski definition) is 0. The van der Waals surface area contributed by atoms with Crippen LogP contribution < -0.4 is 0 Å². The van der Waals surface area contributed by atoms with Crippen molar-refractivity contribution in [3.05, 3.63) is 158 Å². The van der Waals surface area contributed by atoms with E-state index in [1.807, 2.05) is 59.1 Å². The molecule has 0 saturated heterocycles. The molecule has 0 aliphatic carbocycles. The van der Waals surface area contributed by atoms with Gasteiger partial charge in [-0.1, -0.05) is 115 Å². The van der Waals surface area contributed by atoms with Crippen molar-refractivity contribution in [3.8, 4) is 28.7 Å². The molecule has 13 aromatic rings. The van der Waals surface area contributed by atoms with Gasteiger partial charge in [0.2, 0.25) is 5.95 Å². The summed E-state index contributed by atoms with van der Waals surface area (Å²) in [7, 11) is 0. The van der Waals surface area contributed by atoms with Gasteiger partial charge in [-0.05, 0) is 47.9 Å². The Morgan fingerprint density at radius 2 is 1.05 bits per heavy atom. The monoisotopic (exact) mass is 750 g/mol. The third-order valence-corrected chi connectivity index (χ3v) is 13.6. The summed E-state index contributed by atoms with van der Waals surface area (Å²) < 4.78 is 13.7. The number of rotatable bonds is 3. The fourth-order valence-corrected chi connectivity index (χ4v) is 11.2. The van der Waals surface area contributed by atoms with Gasteiger partial charge in [0.1, 0.15) is 11.2 Å². The highest BCUT2D eigenvalue weighted by Crippen LogP contribution is 2.51. The minimum atomic E-state index is 0.574. The van der Waals surface area contributed by atoms with Gasteiger partial charge in [-0.25, -0.2) is 4.98 Å². The topological polar surface area (TPSA) is 56.7 Å². The SMILES string of the molecule is c1ccc(-c2nc(-c3ccc4c(c3)oc3ccccc34)nc(-n3c4ccccc4c4c5ccc6sc7ccccc7c6c5c5c6ccccc6sc5c43)n2)cc1. The first-order chi connectivity index (χ1) is 27.8. The second-order valence-electron chi connectivity index (χ2n) is 14.3. The lowest BCUT2D eigenvalue weighted by molar-refractivity contribution is 0.669. The first-order valence-electron chi connectivity index (χ1n) is 18.6. The molecule has 0 fully saturated rings. The second kappa shape index (κ2) is 11.3. The van der Waals surface area contributed by atoms with Gasteiger partial charge < -0.3 is 4.42 Å². The maximum absolute atomic E-state index is 6.34. The summed E-state index contributed by atoms with van der Waals surface area (Å²) in [5.41, 5.74) is 5.60. The Kier molecular flexibility index (Phi) is 6.14. The van der Waals surface area contributed by atoms with Crippen LogP contribution in [-0.2, 0) is 0 Å². The van der Waals surface area contributed by atoms with Gasteiger partial charge in [-0.15, -0.1) is 22.7 Å².